The second-order valence-electron chi connectivity index (χ2n) is 4.77. The Morgan fingerprint density at radius 3 is 2.55 bits per heavy atom. The lowest BCUT2D eigenvalue weighted by Crippen LogP contribution is -2.00. The molecule has 5 nitrogen and oxygen atoms in total. The van der Waals surface area contributed by atoms with Crippen molar-refractivity contribution in [2.45, 2.75) is 13.8 Å². The van der Waals surface area contributed by atoms with Gasteiger partial charge in [-0.05, 0) is 43.2 Å². The van der Waals surface area contributed by atoms with E-state index < -0.39 is 0 Å². The van der Waals surface area contributed by atoms with E-state index in [4.69, 9.17) is 4.74 Å². The Kier molecular flexibility index (Phi) is 2.82. The quantitative estimate of drug-likeness (QED) is 0.717. The topological polar surface area (TPSA) is 59.8 Å². The lowest BCUT2D eigenvalue weighted by molar-refractivity contribution is 0.348. The fourth-order valence-electron chi connectivity index (χ4n) is 2.21. The van der Waals surface area contributed by atoms with Gasteiger partial charge in [0.05, 0.1) is 7.11 Å². The van der Waals surface area contributed by atoms with Gasteiger partial charge in [-0.25, -0.2) is 0 Å². The highest BCUT2D eigenvalue weighted by Crippen LogP contribution is 2.28. The largest absolute Gasteiger partial charge is 0.497 e. The molecule has 0 aliphatic carbocycles. The Hall–Kier alpha value is -2.56. The van der Waals surface area contributed by atoms with Crippen LogP contribution in [0.5, 0.6) is 11.5 Å². The molecule has 0 N–H and O–H groups in total. The Morgan fingerprint density at radius 1 is 1.05 bits per heavy atom. The van der Waals surface area contributed by atoms with Crippen molar-refractivity contribution in [2.24, 2.45) is 0 Å². The lowest BCUT2D eigenvalue weighted by Gasteiger charge is -2.05. The summed E-state index contributed by atoms with van der Waals surface area (Å²) in [5.41, 5.74) is 3.60. The van der Waals surface area contributed by atoms with Gasteiger partial charge in [-0.1, -0.05) is 6.07 Å². The van der Waals surface area contributed by atoms with Crippen LogP contribution in [0.15, 0.2) is 30.3 Å². The summed E-state index contributed by atoms with van der Waals surface area (Å²) >= 11 is 0. The third-order valence-corrected chi connectivity index (χ3v) is 3.20. The lowest BCUT2D eigenvalue weighted by atomic mass is 10.1. The Bertz CT molecular complexity index is 793. The molecule has 101 valence electrons. The van der Waals surface area contributed by atoms with E-state index in [0.717, 1.165) is 11.1 Å². The maximum atomic E-state index is 12.2. The highest BCUT2D eigenvalue weighted by Gasteiger charge is 2.13. The minimum absolute atomic E-state index is 0.0529. The SMILES string of the molecule is COc1ccc2nn(-c3cc(C)cc(C)c3[O])nc2c1. The minimum atomic E-state index is -0.0529. The monoisotopic (exact) mass is 268 g/mol. The fraction of sp³-hybridized carbons (Fsp3) is 0.200. The normalized spacial score (nSPS) is 10.9. The van der Waals surface area contributed by atoms with Gasteiger partial charge in [0.1, 0.15) is 22.5 Å². The third-order valence-electron chi connectivity index (χ3n) is 3.20. The first kappa shape index (κ1) is 12.5. The van der Waals surface area contributed by atoms with Crippen LogP contribution in [-0.2, 0) is 5.11 Å². The van der Waals surface area contributed by atoms with Crippen molar-refractivity contribution in [1.29, 1.82) is 0 Å². The van der Waals surface area contributed by atoms with Gasteiger partial charge < -0.3 is 4.74 Å². The average Bonchev–Trinajstić information content (AvgIpc) is 2.85. The fourth-order valence-corrected chi connectivity index (χ4v) is 2.21. The molecule has 20 heavy (non-hydrogen) atoms. The van der Waals surface area contributed by atoms with E-state index in [1.165, 1.54) is 4.80 Å². The molecule has 0 aliphatic rings. The summed E-state index contributed by atoms with van der Waals surface area (Å²) < 4.78 is 5.16. The summed E-state index contributed by atoms with van der Waals surface area (Å²) in [5.74, 6) is 0.662. The van der Waals surface area contributed by atoms with Crippen LogP contribution in [0.4, 0.5) is 0 Å². The van der Waals surface area contributed by atoms with Crippen LogP contribution >= 0.6 is 0 Å². The number of benzene rings is 2. The summed E-state index contributed by atoms with van der Waals surface area (Å²) in [6.07, 6.45) is 0. The average molecular weight is 268 g/mol. The van der Waals surface area contributed by atoms with Crippen LogP contribution in [0.3, 0.4) is 0 Å². The van der Waals surface area contributed by atoms with Crippen LogP contribution in [-0.4, -0.2) is 22.1 Å². The number of methoxy groups -OCH3 is 1. The van der Waals surface area contributed by atoms with Gasteiger partial charge in [-0.2, -0.15) is 0 Å². The highest BCUT2D eigenvalue weighted by atomic mass is 16.5. The van der Waals surface area contributed by atoms with Gasteiger partial charge in [-0.15, -0.1) is 15.0 Å². The molecule has 0 saturated carbocycles. The van der Waals surface area contributed by atoms with Crippen molar-refractivity contribution in [1.82, 2.24) is 15.0 Å². The first-order valence-corrected chi connectivity index (χ1v) is 6.28. The predicted molar refractivity (Wildman–Crippen MR) is 75.0 cm³/mol. The Balaban J connectivity index is 2.20. The molecule has 5 heteroatoms. The zero-order valence-corrected chi connectivity index (χ0v) is 11.5. The Labute approximate surface area is 116 Å². The number of ether oxygens (including phenoxy) is 1. The number of aryl methyl sites for hydroxylation is 2. The van der Waals surface area contributed by atoms with E-state index >= 15 is 0 Å². The number of nitrogens with zero attached hydrogens (tertiary/aromatic N) is 3. The highest BCUT2D eigenvalue weighted by molar-refractivity contribution is 5.75. The smallest absolute Gasteiger partial charge is 0.208 e. The molecule has 0 bridgehead atoms. The van der Waals surface area contributed by atoms with Gasteiger partial charge >= 0.3 is 0 Å². The zero-order chi connectivity index (χ0) is 14.3. The molecule has 1 heterocycles. The molecule has 0 unspecified atom stereocenters. The molecule has 1 aromatic heterocycles. The van der Waals surface area contributed by atoms with Crippen LogP contribution < -0.4 is 4.74 Å². The van der Waals surface area contributed by atoms with Crippen molar-refractivity contribution in [3.05, 3.63) is 41.5 Å². The number of hydrogen-bond acceptors (Lipinski definition) is 3. The molecule has 0 aliphatic heterocycles. The molecular weight excluding hydrogens is 254 g/mol. The van der Waals surface area contributed by atoms with Gasteiger partial charge in [0.25, 0.3) is 0 Å². The summed E-state index contributed by atoms with van der Waals surface area (Å²) in [4.78, 5) is 1.40. The van der Waals surface area contributed by atoms with E-state index in [1.807, 2.05) is 25.1 Å². The minimum Gasteiger partial charge on any atom is -0.497 e. The van der Waals surface area contributed by atoms with Crippen LogP contribution in [0.2, 0.25) is 0 Å². The maximum absolute atomic E-state index is 12.2. The summed E-state index contributed by atoms with van der Waals surface area (Å²) in [7, 11) is 1.60. The standard InChI is InChI=1S/C15H14N3O2/c1-9-6-10(2)15(19)14(7-9)18-16-12-5-4-11(20-3)8-13(12)17-18/h4-8H,1-3H3. The maximum Gasteiger partial charge on any atom is 0.208 e. The van der Waals surface area contributed by atoms with Gasteiger partial charge in [-0.3, -0.25) is 5.11 Å². The van der Waals surface area contributed by atoms with Crippen LogP contribution in [0, 0.1) is 13.8 Å². The molecule has 3 rings (SSSR count). The number of aromatic nitrogens is 3. The van der Waals surface area contributed by atoms with E-state index in [-0.39, 0.29) is 5.75 Å². The number of rotatable bonds is 2. The molecule has 2 aromatic carbocycles. The van der Waals surface area contributed by atoms with E-state index in [1.54, 1.807) is 26.2 Å². The summed E-state index contributed by atoms with van der Waals surface area (Å²) in [6.45, 7) is 3.74. The molecule has 0 spiro atoms. The molecule has 0 fully saturated rings. The van der Waals surface area contributed by atoms with Crippen LogP contribution in [0.25, 0.3) is 16.7 Å². The second-order valence-corrected chi connectivity index (χ2v) is 4.77. The molecule has 0 saturated heterocycles. The predicted octanol–water partition coefficient (Wildman–Crippen LogP) is 3.19. The molecular formula is C15H14N3O2. The van der Waals surface area contributed by atoms with Crippen LogP contribution in [0.1, 0.15) is 11.1 Å². The van der Waals surface area contributed by atoms with Gasteiger partial charge in [0.15, 0.2) is 0 Å². The number of fused-ring (bicyclic) bond motifs is 1. The van der Waals surface area contributed by atoms with E-state index in [0.29, 0.717) is 22.5 Å². The van der Waals surface area contributed by atoms with Gasteiger partial charge in [0.2, 0.25) is 5.75 Å². The van der Waals surface area contributed by atoms with Crippen molar-refractivity contribution in [2.75, 3.05) is 7.11 Å². The number of hydrogen-bond donors (Lipinski definition) is 0. The third kappa shape index (κ3) is 1.97. The molecule has 0 atom stereocenters. The van der Waals surface area contributed by atoms with E-state index in [9.17, 15) is 5.11 Å². The first-order chi connectivity index (χ1) is 9.58. The molecule has 1 radical (unpaired) electrons. The van der Waals surface area contributed by atoms with Crippen molar-refractivity contribution in [3.8, 4) is 17.2 Å². The van der Waals surface area contributed by atoms with E-state index in [2.05, 4.69) is 10.2 Å². The molecule has 0 amide bonds. The second kappa shape index (κ2) is 4.52. The summed E-state index contributed by atoms with van der Waals surface area (Å²) in [5, 5.41) is 20.9. The van der Waals surface area contributed by atoms with Crippen molar-refractivity contribution < 1.29 is 9.84 Å². The molecule has 3 aromatic rings. The first-order valence-electron chi connectivity index (χ1n) is 6.28. The van der Waals surface area contributed by atoms with Crippen molar-refractivity contribution in [3.63, 3.8) is 0 Å². The van der Waals surface area contributed by atoms with Gasteiger partial charge in [0, 0.05) is 6.07 Å². The zero-order valence-electron chi connectivity index (χ0n) is 11.5. The Morgan fingerprint density at radius 2 is 1.80 bits per heavy atom. The van der Waals surface area contributed by atoms with Crippen molar-refractivity contribution >= 4 is 11.0 Å². The summed E-state index contributed by atoms with van der Waals surface area (Å²) in [6, 6.07) is 9.10.